The number of amides is 2. The third kappa shape index (κ3) is 23.6. The molecule has 2 N–H and O–H groups in total. The molecule has 0 saturated carbocycles. The standard InChI is InChI=1S/C23H30N2O7.C17H27N3O7/c1-15(2)30-19(27)18(13-12-17(26)14-24-6)25-22(29)32-20(16-10-8-7-9-11-16)31-21(28)23(3,4)5;1-10(2)25-14(22)13(8-7-12(21)9-19-18)20-16(24)27-11(3)26-15(23)17(4,5)6/h7-11,14-15,18,20H,6,12-13H2,1-5H3;9-11,13H,7-8H2,1-6H3,(H,20,24)/p+1/t18-,20?;11-,13+/m01/s1. The van der Waals surface area contributed by atoms with Crippen molar-refractivity contribution in [3.63, 3.8) is 0 Å². The van der Waals surface area contributed by atoms with Gasteiger partial charge in [-0.3, -0.25) is 19.2 Å². The van der Waals surface area contributed by atoms with E-state index in [0.717, 1.165) is 6.21 Å². The average molecular weight is 833 g/mol. The van der Waals surface area contributed by atoms with E-state index in [1.54, 1.807) is 99.6 Å². The van der Waals surface area contributed by atoms with Gasteiger partial charge in [-0.25, -0.2) is 19.2 Å². The summed E-state index contributed by atoms with van der Waals surface area (Å²) in [5.41, 5.74) is 7.16. The Morgan fingerprint density at radius 2 is 1.07 bits per heavy atom. The van der Waals surface area contributed by atoms with Crippen LogP contribution in [-0.4, -0.2) is 102 Å². The Bertz CT molecular complexity index is 1700. The number of carbonyl (C=O) groups is 8. The van der Waals surface area contributed by atoms with Gasteiger partial charge >= 0.3 is 48.5 Å². The molecular weight excluding hydrogens is 774 g/mol. The summed E-state index contributed by atoms with van der Waals surface area (Å²) >= 11 is 0. The van der Waals surface area contributed by atoms with Crippen LogP contribution in [0, 0.1) is 10.8 Å². The first-order chi connectivity index (χ1) is 27.3. The summed E-state index contributed by atoms with van der Waals surface area (Å²) in [6, 6.07) is 6.11. The number of hydrogen-bond donors (Lipinski definition) is 2. The van der Waals surface area contributed by atoms with E-state index in [-0.39, 0.29) is 31.5 Å². The predicted octanol–water partition coefficient (Wildman–Crippen LogP) is 4.13. The maximum absolute atomic E-state index is 12.6. The molecule has 1 rings (SSSR count). The van der Waals surface area contributed by atoms with E-state index in [4.69, 9.17) is 34.0 Å². The van der Waals surface area contributed by atoms with Crippen molar-refractivity contribution in [3.05, 3.63) is 41.4 Å². The molecular formula is C40H58N5O14+. The highest BCUT2D eigenvalue weighted by Gasteiger charge is 2.32. The summed E-state index contributed by atoms with van der Waals surface area (Å²) < 4.78 is 34.2. The highest BCUT2D eigenvalue weighted by Crippen LogP contribution is 2.25. The van der Waals surface area contributed by atoms with Crippen molar-refractivity contribution in [1.82, 2.24) is 15.3 Å². The summed E-state index contributed by atoms with van der Waals surface area (Å²) in [5, 5.41) is 4.67. The topological polar surface area (TPSA) is 266 Å². The number of hydrogen-bond acceptors (Lipinski definition) is 14. The molecule has 1 aromatic rings. The quantitative estimate of drug-likeness (QED) is 0.0496. The van der Waals surface area contributed by atoms with Gasteiger partial charge in [-0.05, 0) is 82.1 Å². The molecule has 19 nitrogen and oxygen atoms in total. The zero-order chi connectivity index (χ0) is 45.5. The summed E-state index contributed by atoms with van der Waals surface area (Å²) in [4.78, 5) is 98.9. The van der Waals surface area contributed by atoms with Crippen LogP contribution in [0.1, 0.15) is 114 Å². The maximum Gasteiger partial charge on any atom is 0.411 e. The molecule has 4 atom stereocenters. The van der Waals surface area contributed by atoms with Crippen molar-refractivity contribution in [2.75, 3.05) is 0 Å². The molecule has 1 aromatic carbocycles. The lowest BCUT2D eigenvalue weighted by Crippen LogP contribution is -2.44. The SMILES string of the molecule is C=[N+]=CC(=O)CC[C@H](NC(=O)OC(OC(=O)C(C)(C)C)c1ccccc1)C(=O)OC(C)C.CC(C)OC(=O)[C@H](CCC(=O)C=[N+]=[N-])NC(=O)O[C@H](C)OC(=O)C(C)(C)C. The number of rotatable bonds is 19. The Balaban J connectivity index is 0.00000116. The number of nitrogens with zero attached hydrogens (tertiary/aromatic N) is 3. The number of ketones is 2. The Kier molecular flexibility index (Phi) is 23.2. The third-order valence-corrected chi connectivity index (χ3v) is 6.92. The van der Waals surface area contributed by atoms with Gasteiger partial charge < -0.3 is 44.6 Å². The normalized spacial score (nSPS) is 12.8. The van der Waals surface area contributed by atoms with Crippen molar-refractivity contribution in [2.45, 2.75) is 139 Å². The Morgan fingerprint density at radius 1 is 0.644 bits per heavy atom. The van der Waals surface area contributed by atoms with Gasteiger partial charge in [0.25, 0.3) is 13.0 Å². The average Bonchev–Trinajstić information content (AvgIpc) is 3.10. The van der Waals surface area contributed by atoms with Crippen molar-refractivity contribution in [1.29, 1.82) is 0 Å². The van der Waals surface area contributed by atoms with Crippen LogP contribution in [0.2, 0.25) is 0 Å². The number of nitrogens with one attached hydrogen (secondary N) is 2. The van der Waals surface area contributed by atoms with Gasteiger partial charge in [0.1, 0.15) is 12.1 Å². The van der Waals surface area contributed by atoms with Gasteiger partial charge in [0, 0.05) is 25.3 Å². The van der Waals surface area contributed by atoms with Gasteiger partial charge in [-0.1, -0.05) is 30.3 Å². The second-order valence-corrected chi connectivity index (χ2v) is 15.4. The second kappa shape index (κ2) is 25.9. The first-order valence-corrected chi connectivity index (χ1v) is 18.6. The number of alkyl carbamates (subject to hydrolysis) is 2. The lowest BCUT2D eigenvalue weighted by Gasteiger charge is -2.24. The van der Waals surface area contributed by atoms with E-state index in [0.29, 0.717) is 11.8 Å². The molecule has 0 aliphatic heterocycles. The Labute approximate surface area is 344 Å². The van der Waals surface area contributed by atoms with Crippen molar-refractivity contribution >= 4 is 66.8 Å². The van der Waals surface area contributed by atoms with Gasteiger partial charge in [0.05, 0.1) is 23.0 Å². The molecule has 0 heterocycles. The van der Waals surface area contributed by atoms with Gasteiger partial charge in [-0.2, -0.15) is 4.79 Å². The van der Waals surface area contributed by atoms with E-state index in [1.165, 1.54) is 6.92 Å². The predicted molar refractivity (Wildman–Crippen MR) is 212 cm³/mol. The van der Waals surface area contributed by atoms with Crippen molar-refractivity contribution in [2.24, 2.45) is 10.8 Å². The second-order valence-electron chi connectivity index (χ2n) is 15.4. The van der Waals surface area contributed by atoms with E-state index >= 15 is 0 Å². The first-order valence-electron chi connectivity index (χ1n) is 18.6. The Morgan fingerprint density at radius 3 is 1.47 bits per heavy atom. The van der Waals surface area contributed by atoms with Crippen molar-refractivity contribution in [3.8, 4) is 0 Å². The molecule has 19 heteroatoms. The molecule has 0 bridgehead atoms. The van der Waals surface area contributed by atoms with E-state index < -0.39 is 89.5 Å². The minimum Gasteiger partial charge on any atom is -0.461 e. The van der Waals surface area contributed by atoms with Crippen LogP contribution in [0.15, 0.2) is 30.3 Å². The lowest BCUT2D eigenvalue weighted by atomic mass is 9.97. The minimum atomic E-state index is -1.33. The molecule has 0 saturated heterocycles. The summed E-state index contributed by atoms with van der Waals surface area (Å²) in [6.07, 6.45) is -4.05. The van der Waals surface area contributed by atoms with Crippen LogP contribution >= 0.6 is 0 Å². The number of carbonyl (C=O) groups excluding carboxylic acids is 8. The first kappa shape index (κ1) is 52.8. The lowest BCUT2D eigenvalue weighted by molar-refractivity contribution is -0.179. The Hall–Kier alpha value is -6.19. The molecule has 0 radical (unpaired) electrons. The molecule has 0 aliphatic rings. The fourth-order valence-corrected chi connectivity index (χ4v) is 3.99. The molecule has 0 spiro atoms. The van der Waals surface area contributed by atoms with Gasteiger partial charge in [0.15, 0.2) is 0 Å². The van der Waals surface area contributed by atoms with E-state index in [9.17, 15) is 38.4 Å². The number of ether oxygens (including phenoxy) is 6. The fourth-order valence-electron chi connectivity index (χ4n) is 3.99. The summed E-state index contributed by atoms with van der Waals surface area (Å²) in [7, 11) is 0. The smallest absolute Gasteiger partial charge is 0.411 e. The molecule has 2 amide bonds. The highest BCUT2D eigenvalue weighted by atomic mass is 16.7. The van der Waals surface area contributed by atoms with Crippen LogP contribution < -0.4 is 15.3 Å². The number of Topliss-reactive ketones (excluding diaryl/α,β-unsaturated/α-hetero) is 2. The molecule has 0 fully saturated rings. The molecule has 59 heavy (non-hydrogen) atoms. The van der Waals surface area contributed by atoms with E-state index in [2.05, 4.69) is 26.8 Å². The van der Waals surface area contributed by atoms with Crippen LogP contribution in [0.4, 0.5) is 9.59 Å². The number of benzene rings is 1. The van der Waals surface area contributed by atoms with Crippen LogP contribution in [-0.2, 0) is 57.2 Å². The fraction of sp³-hybridized carbons (Fsp3) is 0.575. The summed E-state index contributed by atoms with van der Waals surface area (Å²) in [5.74, 6) is -3.52. The van der Waals surface area contributed by atoms with Gasteiger partial charge in [0.2, 0.25) is 17.9 Å². The largest absolute Gasteiger partial charge is 0.461 e. The zero-order valence-corrected chi connectivity index (χ0v) is 35.6. The monoisotopic (exact) mass is 832 g/mol. The van der Waals surface area contributed by atoms with Crippen LogP contribution in [0.3, 0.4) is 0 Å². The summed E-state index contributed by atoms with van der Waals surface area (Å²) in [6.45, 7) is 21.1. The third-order valence-electron chi connectivity index (χ3n) is 6.92. The van der Waals surface area contributed by atoms with Crippen LogP contribution in [0.25, 0.3) is 5.53 Å². The van der Waals surface area contributed by atoms with Crippen LogP contribution in [0.5, 0.6) is 0 Å². The molecule has 0 aromatic heterocycles. The molecule has 0 aliphatic carbocycles. The minimum absolute atomic E-state index is 0.0384. The van der Waals surface area contributed by atoms with Crippen molar-refractivity contribution < 1.29 is 71.6 Å². The molecule has 326 valence electrons. The van der Waals surface area contributed by atoms with E-state index in [1.807, 2.05) is 0 Å². The number of esters is 4. The maximum atomic E-state index is 12.6. The zero-order valence-electron chi connectivity index (χ0n) is 35.6. The highest BCUT2D eigenvalue weighted by molar-refractivity contribution is 6.27. The molecule has 1 unspecified atom stereocenters. The van der Waals surface area contributed by atoms with Gasteiger partial charge in [-0.15, -0.1) is 4.67 Å².